The maximum absolute atomic E-state index is 9.25. The van der Waals surface area contributed by atoms with E-state index in [1.807, 2.05) is 12.1 Å². The van der Waals surface area contributed by atoms with Crippen LogP contribution in [0.4, 0.5) is 0 Å². The second kappa shape index (κ2) is 6.50. The van der Waals surface area contributed by atoms with E-state index in [9.17, 15) is 5.11 Å². The lowest BCUT2D eigenvalue weighted by molar-refractivity contribution is 0.222. The van der Waals surface area contributed by atoms with Crippen molar-refractivity contribution in [1.82, 2.24) is 0 Å². The highest BCUT2D eigenvalue weighted by molar-refractivity contribution is 5.47. The molecule has 1 N–H and O–H groups in total. The standard InChI is InChI=1S/C14H22O3/c1-5-11(9-15)7-12-8-14(17-4)13(16-3)6-10(12)2/h6,8,11,15H,5,7,9H2,1-4H3. The van der Waals surface area contributed by atoms with Crippen LogP contribution in [0.3, 0.4) is 0 Å². The molecule has 17 heavy (non-hydrogen) atoms. The number of methoxy groups -OCH3 is 2. The van der Waals surface area contributed by atoms with Gasteiger partial charge in [0.1, 0.15) is 0 Å². The Morgan fingerprint density at radius 1 is 1.18 bits per heavy atom. The molecule has 0 saturated carbocycles. The average Bonchev–Trinajstić information content (AvgIpc) is 2.36. The van der Waals surface area contributed by atoms with Gasteiger partial charge in [0.05, 0.1) is 14.2 Å². The summed E-state index contributed by atoms with van der Waals surface area (Å²) in [6, 6.07) is 3.99. The molecule has 0 aliphatic heterocycles. The summed E-state index contributed by atoms with van der Waals surface area (Å²) in [5.74, 6) is 1.82. The number of rotatable bonds is 6. The molecule has 0 aromatic heterocycles. The number of ether oxygens (including phenoxy) is 2. The number of aliphatic hydroxyl groups is 1. The van der Waals surface area contributed by atoms with Gasteiger partial charge in [-0.1, -0.05) is 13.3 Å². The van der Waals surface area contributed by atoms with Crippen molar-refractivity contribution < 1.29 is 14.6 Å². The van der Waals surface area contributed by atoms with Crippen LogP contribution >= 0.6 is 0 Å². The van der Waals surface area contributed by atoms with Crippen LogP contribution in [0.2, 0.25) is 0 Å². The molecule has 0 aliphatic rings. The summed E-state index contributed by atoms with van der Waals surface area (Å²) in [5.41, 5.74) is 2.39. The van der Waals surface area contributed by atoms with Gasteiger partial charge in [0, 0.05) is 6.61 Å². The summed E-state index contributed by atoms with van der Waals surface area (Å²) >= 11 is 0. The lowest BCUT2D eigenvalue weighted by Crippen LogP contribution is -2.09. The van der Waals surface area contributed by atoms with Crippen LogP contribution in [0, 0.1) is 12.8 Å². The van der Waals surface area contributed by atoms with Crippen molar-refractivity contribution in [3.8, 4) is 11.5 Å². The van der Waals surface area contributed by atoms with Crippen molar-refractivity contribution in [2.75, 3.05) is 20.8 Å². The molecule has 1 atom stereocenters. The Bertz CT molecular complexity index is 357. The predicted octanol–water partition coefficient (Wildman–Crippen LogP) is 2.57. The molecule has 1 unspecified atom stereocenters. The zero-order valence-corrected chi connectivity index (χ0v) is 11.1. The van der Waals surface area contributed by atoms with Crippen LogP contribution in [0.15, 0.2) is 12.1 Å². The smallest absolute Gasteiger partial charge is 0.161 e. The van der Waals surface area contributed by atoms with E-state index >= 15 is 0 Å². The van der Waals surface area contributed by atoms with Gasteiger partial charge < -0.3 is 14.6 Å². The maximum Gasteiger partial charge on any atom is 0.161 e. The number of benzene rings is 1. The second-order valence-corrected chi connectivity index (χ2v) is 4.29. The summed E-state index contributed by atoms with van der Waals surface area (Å²) in [6.07, 6.45) is 1.85. The van der Waals surface area contributed by atoms with Crippen molar-refractivity contribution in [2.24, 2.45) is 5.92 Å². The molecule has 0 heterocycles. The molecule has 1 aromatic carbocycles. The summed E-state index contributed by atoms with van der Waals surface area (Å²) in [4.78, 5) is 0. The Hall–Kier alpha value is -1.22. The van der Waals surface area contributed by atoms with E-state index in [0.717, 1.165) is 24.3 Å². The normalized spacial score (nSPS) is 12.3. The largest absolute Gasteiger partial charge is 0.493 e. The fourth-order valence-corrected chi connectivity index (χ4v) is 1.89. The zero-order chi connectivity index (χ0) is 12.8. The van der Waals surface area contributed by atoms with Crippen LogP contribution in [-0.2, 0) is 6.42 Å². The van der Waals surface area contributed by atoms with E-state index in [2.05, 4.69) is 13.8 Å². The van der Waals surface area contributed by atoms with E-state index in [4.69, 9.17) is 9.47 Å². The van der Waals surface area contributed by atoms with Gasteiger partial charge in [-0.15, -0.1) is 0 Å². The van der Waals surface area contributed by atoms with Crippen molar-refractivity contribution in [3.05, 3.63) is 23.3 Å². The summed E-state index contributed by atoms with van der Waals surface area (Å²) < 4.78 is 10.5. The molecular weight excluding hydrogens is 216 g/mol. The molecule has 1 aromatic rings. The molecule has 3 nitrogen and oxygen atoms in total. The van der Waals surface area contributed by atoms with Gasteiger partial charge in [-0.3, -0.25) is 0 Å². The first-order valence-electron chi connectivity index (χ1n) is 5.98. The van der Waals surface area contributed by atoms with E-state index < -0.39 is 0 Å². The Balaban J connectivity index is 2.99. The number of hydrogen-bond acceptors (Lipinski definition) is 3. The van der Waals surface area contributed by atoms with Gasteiger partial charge >= 0.3 is 0 Å². The molecule has 1 rings (SSSR count). The third kappa shape index (κ3) is 3.37. The van der Waals surface area contributed by atoms with E-state index in [1.54, 1.807) is 14.2 Å². The second-order valence-electron chi connectivity index (χ2n) is 4.29. The first-order valence-corrected chi connectivity index (χ1v) is 5.98. The predicted molar refractivity (Wildman–Crippen MR) is 68.9 cm³/mol. The molecule has 0 amide bonds. The minimum atomic E-state index is 0.226. The van der Waals surface area contributed by atoms with Crippen LogP contribution < -0.4 is 9.47 Å². The minimum Gasteiger partial charge on any atom is -0.493 e. The summed E-state index contributed by atoms with van der Waals surface area (Å²) in [6.45, 7) is 4.38. The lowest BCUT2D eigenvalue weighted by atomic mass is 9.94. The molecule has 0 fully saturated rings. The molecule has 3 heteroatoms. The quantitative estimate of drug-likeness (QED) is 0.828. The highest BCUT2D eigenvalue weighted by Gasteiger charge is 2.12. The highest BCUT2D eigenvalue weighted by Crippen LogP contribution is 2.31. The Labute approximate surface area is 103 Å². The molecule has 0 radical (unpaired) electrons. The van der Waals surface area contributed by atoms with Gasteiger partial charge in [-0.25, -0.2) is 0 Å². The third-order valence-corrected chi connectivity index (χ3v) is 3.19. The van der Waals surface area contributed by atoms with Crippen LogP contribution in [0.1, 0.15) is 24.5 Å². The summed E-state index contributed by atoms with van der Waals surface area (Å²) in [7, 11) is 3.28. The van der Waals surface area contributed by atoms with Gasteiger partial charge in [-0.05, 0) is 42.5 Å². The minimum absolute atomic E-state index is 0.226. The first kappa shape index (κ1) is 13.8. The van der Waals surface area contributed by atoms with Crippen LogP contribution in [-0.4, -0.2) is 25.9 Å². The van der Waals surface area contributed by atoms with Crippen LogP contribution in [0.5, 0.6) is 11.5 Å². The first-order chi connectivity index (χ1) is 8.15. The topological polar surface area (TPSA) is 38.7 Å². The SMILES string of the molecule is CCC(CO)Cc1cc(OC)c(OC)cc1C. The maximum atomic E-state index is 9.25. The molecule has 0 saturated heterocycles. The van der Waals surface area contributed by atoms with Crippen molar-refractivity contribution >= 4 is 0 Å². The molecule has 96 valence electrons. The Kier molecular flexibility index (Phi) is 5.29. The Morgan fingerprint density at radius 3 is 2.24 bits per heavy atom. The van der Waals surface area contributed by atoms with Gasteiger partial charge in [0.15, 0.2) is 11.5 Å². The molecular formula is C14H22O3. The summed E-state index contributed by atoms with van der Waals surface area (Å²) in [5, 5.41) is 9.25. The van der Waals surface area contributed by atoms with E-state index in [1.165, 1.54) is 11.1 Å². The number of aryl methyl sites for hydroxylation is 1. The van der Waals surface area contributed by atoms with E-state index in [0.29, 0.717) is 5.92 Å². The highest BCUT2D eigenvalue weighted by atomic mass is 16.5. The van der Waals surface area contributed by atoms with Gasteiger partial charge in [0.25, 0.3) is 0 Å². The van der Waals surface area contributed by atoms with Crippen molar-refractivity contribution in [2.45, 2.75) is 26.7 Å². The Morgan fingerprint density at radius 2 is 1.76 bits per heavy atom. The van der Waals surface area contributed by atoms with Crippen LogP contribution in [0.25, 0.3) is 0 Å². The zero-order valence-electron chi connectivity index (χ0n) is 11.1. The molecule has 0 spiro atoms. The average molecular weight is 238 g/mol. The van der Waals surface area contributed by atoms with Crippen molar-refractivity contribution in [1.29, 1.82) is 0 Å². The number of hydrogen-bond donors (Lipinski definition) is 1. The fourth-order valence-electron chi connectivity index (χ4n) is 1.89. The molecule has 0 bridgehead atoms. The monoisotopic (exact) mass is 238 g/mol. The van der Waals surface area contributed by atoms with Gasteiger partial charge in [0.2, 0.25) is 0 Å². The van der Waals surface area contributed by atoms with Gasteiger partial charge in [-0.2, -0.15) is 0 Å². The fraction of sp³-hybridized carbons (Fsp3) is 0.571. The van der Waals surface area contributed by atoms with Crippen molar-refractivity contribution in [3.63, 3.8) is 0 Å². The molecule has 0 aliphatic carbocycles. The number of aliphatic hydroxyl groups excluding tert-OH is 1. The third-order valence-electron chi connectivity index (χ3n) is 3.19. The van der Waals surface area contributed by atoms with E-state index in [-0.39, 0.29) is 6.61 Å². The lowest BCUT2D eigenvalue weighted by Gasteiger charge is -2.16.